The van der Waals surface area contributed by atoms with Gasteiger partial charge in [0.1, 0.15) is 5.75 Å². The second-order valence-corrected chi connectivity index (χ2v) is 6.05. The Morgan fingerprint density at radius 2 is 2.13 bits per heavy atom. The number of likely N-dealkylation sites (tertiary alicyclic amines) is 1. The molecule has 1 N–H and O–H groups in total. The number of nitrogens with zero attached hydrogens (tertiary/aromatic N) is 1. The van der Waals surface area contributed by atoms with Crippen LogP contribution < -0.4 is 4.74 Å². The van der Waals surface area contributed by atoms with Crippen LogP contribution in [0.25, 0.3) is 0 Å². The van der Waals surface area contributed by atoms with E-state index >= 15 is 0 Å². The number of carboxylic acids is 1. The molecule has 1 aromatic rings. The van der Waals surface area contributed by atoms with E-state index in [-0.39, 0.29) is 18.4 Å². The zero-order valence-electron chi connectivity index (χ0n) is 13.1. The number of methoxy groups -OCH3 is 1. The number of amides is 1. The van der Waals surface area contributed by atoms with Crippen molar-refractivity contribution in [1.29, 1.82) is 0 Å². The normalized spacial score (nSPS) is 27.4. The summed E-state index contributed by atoms with van der Waals surface area (Å²) in [5.74, 6) is -1.07. The highest BCUT2D eigenvalue weighted by atomic mass is 16.5. The average molecular weight is 319 g/mol. The summed E-state index contributed by atoms with van der Waals surface area (Å²) in [5.41, 5.74) is 0.821. The lowest BCUT2D eigenvalue weighted by Crippen LogP contribution is -2.36. The van der Waals surface area contributed by atoms with Gasteiger partial charge >= 0.3 is 5.97 Å². The lowest BCUT2D eigenvalue weighted by molar-refractivity contribution is -0.142. The minimum absolute atomic E-state index is 0.00671. The van der Waals surface area contributed by atoms with E-state index in [9.17, 15) is 14.7 Å². The van der Waals surface area contributed by atoms with Crippen LogP contribution in [0.2, 0.25) is 0 Å². The number of aliphatic carboxylic acids is 1. The molecule has 0 bridgehead atoms. The number of rotatable bonds is 5. The number of ether oxygens (including phenoxy) is 2. The van der Waals surface area contributed by atoms with Gasteiger partial charge < -0.3 is 19.5 Å². The molecule has 124 valence electrons. The van der Waals surface area contributed by atoms with Crippen molar-refractivity contribution >= 4 is 11.9 Å². The average Bonchev–Trinajstić information content (AvgIpc) is 3.17. The van der Waals surface area contributed by atoms with Gasteiger partial charge in [0.25, 0.3) is 0 Å². The van der Waals surface area contributed by atoms with Crippen LogP contribution in [0.1, 0.15) is 30.9 Å². The van der Waals surface area contributed by atoms with Crippen molar-refractivity contribution in [1.82, 2.24) is 4.90 Å². The Bertz CT molecular complexity index is 579. The van der Waals surface area contributed by atoms with Crippen molar-refractivity contribution < 1.29 is 24.2 Å². The smallest absolute Gasteiger partial charge is 0.309 e. The maximum atomic E-state index is 12.4. The van der Waals surface area contributed by atoms with E-state index in [1.165, 1.54) is 0 Å². The molecule has 1 aromatic carbocycles. The first-order valence-electron chi connectivity index (χ1n) is 7.88. The first-order chi connectivity index (χ1) is 11.1. The Morgan fingerprint density at radius 1 is 1.39 bits per heavy atom. The van der Waals surface area contributed by atoms with Crippen molar-refractivity contribution in [3.63, 3.8) is 0 Å². The molecule has 0 aliphatic carbocycles. The molecule has 6 heteroatoms. The largest absolute Gasteiger partial charge is 0.497 e. The maximum absolute atomic E-state index is 12.4. The summed E-state index contributed by atoms with van der Waals surface area (Å²) in [6.07, 6.45) is 1.95. The third kappa shape index (κ3) is 3.17. The maximum Gasteiger partial charge on any atom is 0.309 e. The summed E-state index contributed by atoms with van der Waals surface area (Å²) in [4.78, 5) is 25.6. The molecule has 3 rings (SSSR count). The molecule has 2 aliphatic heterocycles. The number of carboxylic acid groups (broad SMARTS) is 1. The highest BCUT2D eigenvalue weighted by Crippen LogP contribution is 2.39. The lowest BCUT2D eigenvalue weighted by Gasteiger charge is -2.29. The van der Waals surface area contributed by atoms with Crippen LogP contribution in [-0.4, -0.2) is 48.2 Å². The molecule has 23 heavy (non-hydrogen) atoms. The van der Waals surface area contributed by atoms with Gasteiger partial charge in [-0.3, -0.25) is 9.59 Å². The van der Waals surface area contributed by atoms with E-state index in [0.29, 0.717) is 18.9 Å². The molecule has 2 fully saturated rings. The second-order valence-electron chi connectivity index (χ2n) is 6.05. The van der Waals surface area contributed by atoms with Crippen molar-refractivity contribution in [2.24, 2.45) is 5.92 Å². The molecule has 6 nitrogen and oxygen atoms in total. The summed E-state index contributed by atoms with van der Waals surface area (Å²) < 4.78 is 10.8. The number of benzene rings is 1. The number of carbonyl (C=O) groups excluding carboxylic acids is 1. The highest BCUT2D eigenvalue weighted by molar-refractivity contribution is 5.87. The van der Waals surface area contributed by atoms with E-state index in [1.807, 2.05) is 12.1 Å². The number of hydrogen-bond acceptors (Lipinski definition) is 4. The number of hydrogen-bond donors (Lipinski definition) is 1. The summed E-state index contributed by atoms with van der Waals surface area (Å²) in [7, 11) is 1.58. The molecule has 0 spiro atoms. The van der Waals surface area contributed by atoms with Gasteiger partial charge in [-0.15, -0.1) is 0 Å². The third-order valence-electron chi connectivity index (χ3n) is 4.63. The first-order valence-corrected chi connectivity index (χ1v) is 7.88. The third-order valence-corrected chi connectivity index (χ3v) is 4.63. The Hall–Kier alpha value is -2.08. The van der Waals surface area contributed by atoms with Gasteiger partial charge in [0.2, 0.25) is 5.91 Å². The van der Waals surface area contributed by atoms with E-state index in [0.717, 1.165) is 18.4 Å². The Labute approximate surface area is 135 Å². The van der Waals surface area contributed by atoms with Crippen molar-refractivity contribution in [3.05, 3.63) is 29.8 Å². The molecule has 0 radical (unpaired) electrons. The van der Waals surface area contributed by atoms with Gasteiger partial charge in [0.15, 0.2) is 0 Å². The monoisotopic (exact) mass is 319 g/mol. The van der Waals surface area contributed by atoms with E-state index in [2.05, 4.69) is 0 Å². The molecule has 2 aliphatic rings. The van der Waals surface area contributed by atoms with Gasteiger partial charge in [-0.25, -0.2) is 0 Å². The minimum atomic E-state index is -0.936. The highest BCUT2D eigenvalue weighted by Gasteiger charge is 2.45. The van der Waals surface area contributed by atoms with E-state index < -0.39 is 17.9 Å². The van der Waals surface area contributed by atoms with E-state index in [1.54, 1.807) is 24.1 Å². The molecule has 0 aromatic heterocycles. The fraction of sp³-hybridized carbons (Fsp3) is 0.529. The van der Waals surface area contributed by atoms with Gasteiger partial charge in [-0.2, -0.15) is 0 Å². The summed E-state index contributed by atoms with van der Waals surface area (Å²) in [5, 5.41) is 9.51. The zero-order valence-corrected chi connectivity index (χ0v) is 13.1. The van der Waals surface area contributed by atoms with E-state index in [4.69, 9.17) is 9.47 Å². The summed E-state index contributed by atoms with van der Waals surface area (Å²) in [6, 6.07) is 6.80. The molecule has 0 unspecified atom stereocenters. The van der Waals surface area contributed by atoms with Gasteiger partial charge in [0, 0.05) is 19.6 Å². The number of carbonyl (C=O) groups is 2. The molecule has 3 atom stereocenters. The van der Waals surface area contributed by atoms with Crippen LogP contribution in [0.4, 0.5) is 0 Å². The molecule has 1 amide bonds. The van der Waals surface area contributed by atoms with Crippen LogP contribution in [-0.2, 0) is 14.3 Å². The lowest BCUT2D eigenvalue weighted by atomic mass is 9.93. The zero-order chi connectivity index (χ0) is 16.4. The molecule has 0 saturated carbocycles. The van der Waals surface area contributed by atoms with Crippen molar-refractivity contribution in [3.8, 4) is 5.75 Å². The predicted molar refractivity (Wildman–Crippen MR) is 82.2 cm³/mol. The van der Waals surface area contributed by atoms with Gasteiger partial charge in [-0.05, 0) is 30.5 Å². The van der Waals surface area contributed by atoms with Crippen LogP contribution in [0.5, 0.6) is 5.75 Å². The quantitative estimate of drug-likeness (QED) is 0.896. The first kappa shape index (κ1) is 15.8. The molecule has 2 heterocycles. The van der Waals surface area contributed by atoms with Crippen molar-refractivity contribution in [2.75, 3.05) is 20.3 Å². The second kappa shape index (κ2) is 6.58. The van der Waals surface area contributed by atoms with Crippen LogP contribution in [0.3, 0.4) is 0 Å². The van der Waals surface area contributed by atoms with Crippen molar-refractivity contribution in [2.45, 2.75) is 31.4 Å². The molecule has 2 saturated heterocycles. The minimum Gasteiger partial charge on any atom is -0.497 e. The van der Waals surface area contributed by atoms with Gasteiger partial charge in [0.05, 0.1) is 25.2 Å². The fourth-order valence-corrected chi connectivity index (χ4v) is 3.45. The standard InChI is InChI=1S/C17H21NO5/c1-22-12-6-4-11(5-7-12)16-14(17(20)21)9-15(19)18(16)10-13-3-2-8-23-13/h4-7,13-14,16H,2-3,8-10H2,1H3,(H,20,21)/t13-,14+,16-/m1/s1. The SMILES string of the molecule is COc1ccc([C@@H]2[C@@H](C(=O)O)CC(=O)N2C[C@H]2CCCO2)cc1. The summed E-state index contributed by atoms with van der Waals surface area (Å²) >= 11 is 0. The predicted octanol–water partition coefficient (Wildman–Crippen LogP) is 1.85. The molecular weight excluding hydrogens is 298 g/mol. The Morgan fingerprint density at radius 3 is 2.70 bits per heavy atom. The Balaban J connectivity index is 1.87. The Kier molecular flexibility index (Phi) is 4.52. The van der Waals surface area contributed by atoms with Crippen LogP contribution in [0.15, 0.2) is 24.3 Å². The fourth-order valence-electron chi connectivity index (χ4n) is 3.45. The van der Waals surface area contributed by atoms with Crippen LogP contribution >= 0.6 is 0 Å². The summed E-state index contributed by atoms with van der Waals surface area (Å²) in [6.45, 7) is 1.17. The van der Waals surface area contributed by atoms with Crippen LogP contribution in [0, 0.1) is 5.92 Å². The van der Waals surface area contributed by atoms with Gasteiger partial charge in [-0.1, -0.05) is 12.1 Å². The topological polar surface area (TPSA) is 76.1 Å². The molecular formula is C17H21NO5.